The predicted molar refractivity (Wildman–Crippen MR) is 104 cm³/mol. The highest BCUT2D eigenvalue weighted by atomic mass is 32.2. The van der Waals surface area contributed by atoms with Crippen LogP contribution < -0.4 is 5.32 Å². The van der Waals surface area contributed by atoms with Crippen LogP contribution >= 0.6 is 0 Å². The van der Waals surface area contributed by atoms with Crippen LogP contribution in [-0.2, 0) is 23.2 Å². The molecular formula is C19H30N4O4S. The Hall–Kier alpha value is -1.45. The first-order valence-corrected chi connectivity index (χ1v) is 11.4. The molecule has 0 spiro atoms. The molecular weight excluding hydrogens is 380 g/mol. The van der Waals surface area contributed by atoms with Crippen LogP contribution in [0, 0.1) is 23.2 Å². The molecule has 28 heavy (non-hydrogen) atoms. The first-order chi connectivity index (χ1) is 13.0. The molecule has 2 bridgehead atoms. The summed E-state index contributed by atoms with van der Waals surface area (Å²) in [5, 5.41) is 7.14. The maximum absolute atomic E-state index is 13.0. The topological polar surface area (TPSA) is 95.7 Å². The quantitative estimate of drug-likeness (QED) is 0.814. The van der Waals surface area contributed by atoms with Crippen molar-refractivity contribution in [3.05, 3.63) is 17.0 Å². The molecule has 1 amide bonds. The van der Waals surface area contributed by atoms with Gasteiger partial charge in [0.25, 0.3) is 16.1 Å². The largest absolute Gasteiger partial charge is 0.360 e. The third-order valence-electron chi connectivity index (χ3n) is 7.47. The van der Waals surface area contributed by atoms with E-state index in [0.717, 1.165) is 6.42 Å². The Morgan fingerprint density at radius 1 is 1.32 bits per heavy atom. The third kappa shape index (κ3) is 2.90. The fourth-order valence-electron chi connectivity index (χ4n) is 5.37. The number of hydrogen-bond acceptors (Lipinski definition) is 5. The van der Waals surface area contributed by atoms with Gasteiger partial charge >= 0.3 is 0 Å². The van der Waals surface area contributed by atoms with Crippen molar-refractivity contribution < 1.29 is 17.7 Å². The van der Waals surface area contributed by atoms with Crippen LogP contribution in [0.15, 0.2) is 4.52 Å². The van der Waals surface area contributed by atoms with Crippen molar-refractivity contribution in [2.75, 3.05) is 20.6 Å². The lowest BCUT2D eigenvalue weighted by Gasteiger charge is -2.62. The molecule has 5 rings (SSSR count). The number of carbonyl (C=O) groups excluding carboxylic acids is 1. The van der Waals surface area contributed by atoms with Crippen LogP contribution in [0.5, 0.6) is 0 Å². The van der Waals surface area contributed by atoms with Crippen LogP contribution in [0.25, 0.3) is 0 Å². The maximum Gasteiger partial charge on any atom is 0.281 e. The van der Waals surface area contributed by atoms with E-state index in [0.29, 0.717) is 47.5 Å². The van der Waals surface area contributed by atoms with Crippen LogP contribution in [0.1, 0.15) is 55.4 Å². The Balaban J connectivity index is 1.50. The lowest BCUT2D eigenvalue weighted by Crippen LogP contribution is -2.60. The van der Waals surface area contributed by atoms with E-state index in [1.807, 2.05) is 0 Å². The molecule has 4 aliphatic rings. The number of hydrogen-bond donors (Lipinski definition) is 1. The number of rotatable bonds is 4. The first-order valence-electron chi connectivity index (χ1n) is 9.99. The molecule has 1 aromatic heterocycles. The summed E-state index contributed by atoms with van der Waals surface area (Å²) < 4.78 is 32.8. The zero-order chi connectivity index (χ0) is 20.4. The van der Waals surface area contributed by atoms with Crippen molar-refractivity contribution >= 4 is 16.1 Å². The van der Waals surface area contributed by atoms with Crippen LogP contribution in [0.3, 0.4) is 0 Å². The second kappa shape index (κ2) is 6.53. The highest BCUT2D eigenvalue weighted by Crippen LogP contribution is 2.61. The lowest BCUT2D eigenvalue weighted by molar-refractivity contribution is -0.113. The average Bonchev–Trinajstić information content (AvgIpc) is 3.05. The molecule has 3 fully saturated rings. The number of nitrogens with zero attached hydrogens (tertiary/aromatic N) is 3. The summed E-state index contributed by atoms with van der Waals surface area (Å²) in [6.45, 7) is 7.31. The van der Waals surface area contributed by atoms with Gasteiger partial charge in [-0.3, -0.25) is 4.79 Å². The highest BCUT2D eigenvalue weighted by molar-refractivity contribution is 7.86. The van der Waals surface area contributed by atoms with Crippen molar-refractivity contribution in [1.82, 2.24) is 19.1 Å². The monoisotopic (exact) mass is 410 g/mol. The molecule has 4 atom stereocenters. The number of nitrogens with one attached hydrogen (secondary N) is 1. The van der Waals surface area contributed by atoms with Crippen LogP contribution in [0.2, 0.25) is 0 Å². The van der Waals surface area contributed by atoms with Crippen LogP contribution in [0.4, 0.5) is 0 Å². The van der Waals surface area contributed by atoms with E-state index in [9.17, 15) is 13.2 Å². The average molecular weight is 411 g/mol. The second-order valence-electron chi connectivity index (χ2n) is 9.34. The first kappa shape index (κ1) is 19.8. The number of amides is 1. The van der Waals surface area contributed by atoms with Gasteiger partial charge in [-0.05, 0) is 36.0 Å². The van der Waals surface area contributed by atoms with E-state index in [4.69, 9.17) is 4.52 Å². The van der Waals surface area contributed by atoms with Gasteiger partial charge in [-0.25, -0.2) is 0 Å². The van der Waals surface area contributed by atoms with Gasteiger partial charge in [0.05, 0.1) is 0 Å². The molecule has 2 heterocycles. The zero-order valence-electron chi connectivity index (χ0n) is 17.2. The van der Waals surface area contributed by atoms with E-state index >= 15 is 0 Å². The van der Waals surface area contributed by atoms with Gasteiger partial charge in [0.15, 0.2) is 5.69 Å². The molecule has 4 unspecified atom stereocenters. The normalized spacial score (nSPS) is 31.9. The Kier molecular flexibility index (Phi) is 4.63. The van der Waals surface area contributed by atoms with E-state index < -0.39 is 10.2 Å². The minimum absolute atomic E-state index is 0.112. The van der Waals surface area contributed by atoms with Crippen molar-refractivity contribution in [1.29, 1.82) is 0 Å². The van der Waals surface area contributed by atoms with Gasteiger partial charge in [0, 0.05) is 45.2 Å². The van der Waals surface area contributed by atoms with Crippen LogP contribution in [-0.4, -0.2) is 54.8 Å². The molecule has 0 saturated heterocycles. The van der Waals surface area contributed by atoms with E-state index in [1.54, 1.807) is 0 Å². The van der Waals surface area contributed by atoms with Crippen molar-refractivity contribution in [3.8, 4) is 0 Å². The summed E-state index contributed by atoms with van der Waals surface area (Å²) in [7, 11) is -0.541. The number of carbonyl (C=O) groups is 1. The molecule has 1 aromatic rings. The SMILES string of the molecule is CC1C(NC(=O)c2noc3c2CN(S(=O)(=O)N(C)C)CC3)CC2CC1C2(C)C. The molecule has 0 aromatic carbocycles. The van der Waals surface area contributed by atoms with Gasteiger partial charge in [0.2, 0.25) is 0 Å². The van der Waals surface area contributed by atoms with Gasteiger partial charge in [-0.2, -0.15) is 17.0 Å². The molecule has 156 valence electrons. The van der Waals surface area contributed by atoms with Crippen molar-refractivity contribution in [2.24, 2.45) is 23.2 Å². The Bertz CT molecular complexity index is 892. The maximum atomic E-state index is 13.0. The minimum atomic E-state index is -3.55. The highest BCUT2D eigenvalue weighted by Gasteiger charge is 2.56. The third-order valence-corrected chi connectivity index (χ3v) is 9.35. The molecule has 8 nitrogen and oxygen atoms in total. The fraction of sp³-hybridized carbons (Fsp3) is 0.789. The molecule has 3 aliphatic carbocycles. The second-order valence-corrected chi connectivity index (χ2v) is 11.5. The smallest absolute Gasteiger partial charge is 0.281 e. The molecule has 1 N–H and O–H groups in total. The number of aromatic nitrogens is 1. The summed E-state index contributed by atoms with van der Waals surface area (Å²) in [6.07, 6.45) is 2.65. The summed E-state index contributed by atoms with van der Waals surface area (Å²) in [5.74, 6) is 2.04. The summed E-state index contributed by atoms with van der Waals surface area (Å²) in [4.78, 5) is 13.0. The summed E-state index contributed by atoms with van der Waals surface area (Å²) in [5.41, 5.74) is 1.16. The van der Waals surface area contributed by atoms with Crippen molar-refractivity contribution in [2.45, 2.75) is 52.6 Å². The molecule has 9 heteroatoms. The Morgan fingerprint density at radius 3 is 2.64 bits per heavy atom. The molecule has 3 saturated carbocycles. The number of fused-ring (bicyclic) bond motifs is 3. The van der Waals surface area contributed by atoms with E-state index in [1.165, 1.54) is 29.1 Å². The van der Waals surface area contributed by atoms with Crippen molar-refractivity contribution in [3.63, 3.8) is 0 Å². The van der Waals surface area contributed by atoms with Gasteiger partial charge < -0.3 is 9.84 Å². The lowest BCUT2D eigenvalue weighted by atomic mass is 9.45. The summed E-state index contributed by atoms with van der Waals surface area (Å²) >= 11 is 0. The molecule has 0 radical (unpaired) electrons. The van der Waals surface area contributed by atoms with Gasteiger partial charge in [0.1, 0.15) is 5.76 Å². The molecule has 1 aliphatic heterocycles. The Morgan fingerprint density at radius 2 is 2.04 bits per heavy atom. The van der Waals surface area contributed by atoms with E-state index in [2.05, 4.69) is 31.2 Å². The minimum Gasteiger partial charge on any atom is -0.360 e. The standard InChI is InChI=1S/C19H30N4O4S/c1-11-14-8-12(19(14,2)3)9-15(11)20-18(24)17-13-10-23(28(25,26)22(4)5)7-6-16(13)27-21-17/h11-12,14-15H,6-10H2,1-5H3,(H,20,24). The Labute approximate surface area is 166 Å². The predicted octanol–water partition coefficient (Wildman–Crippen LogP) is 1.64. The van der Waals surface area contributed by atoms with Gasteiger partial charge in [-0.15, -0.1) is 0 Å². The van der Waals surface area contributed by atoms with E-state index in [-0.39, 0.29) is 24.2 Å². The zero-order valence-corrected chi connectivity index (χ0v) is 18.0. The summed E-state index contributed by atoms with van der Waals surface area (Å²) in [6, 6.07) is 0.127. The fourth-order valence-corrected chi connectivity index (χ4v) is 6.44. The van der Waals surface area contributed by atoms with Gasteiger partial charge in [-0.1, -0.05) is 25.9 Å².